The second kappa shape index (κ2) is 5.97. The van der Waals surface area contributed by atoms with E-state index < -0.39 is 23.6 Å². The molecule has 2 N–H and O–H groups in total. The minimum atomic E-state index is -0.963. The number of amides is 2. The van der Waals surface area contributed by atoms with Crippen molar-refractivity contribution in [3.63, 3.8) is 0 Å². The average Bonchev–Trinajstić information content (AvgIpc) is 3.06. The first-order chi connectivity index (χ1) is 12.9. The van der Waals surface area contributed by atoms with Gasteiger partial charge in [-0.25, -0.2) is 0 Å². The van der Waals surface area contributed by atoms with E-state index in [1.807, 2.05) is 20.8 Å². The molecule has 2 bridgehead atoms. The molecule has 0 aromatic carbocycles. The molecule has 0 radical (unpaired) electrons. The molecular formula is C22H34N2O4. The normalized spacial score (nSPS) is 39.1. The number of carbonyl (C=O) groups is 2. The van der Waals surface area contributed by atoms with Gasteiger partial charge in [-0.3, -0.25) is 14.5 Å². The minimum Gasteiger partial charge on any atom is -0.509 e. The number of nitrogens with one attached hydrogen (secondary N) is 1. The van der Waals surface area contributed by atoms with Gasteiger partial charge in [-0.1, -0.05) is 34.6 Å². The average molecular weight is 391 g/mol. The van der Waals surface area contributed by atoms with Crippen LogP contribution in [-0.2, 0) is 14.3 Å². The lowest BCUT2D eigenvalue weighted by atomic mass is 9.45. The molecular weight excluding hydrogens is 356 g/mol. The van der Waals surface area contributed by atoms with Crippen LogP contribution in [0.25, 0.3) is 0 Å². The van der Waals surface area contributed by atoms with Gasteiger partial charge >= 0.3 is 0 Å². The Morgan fingerprint density at radius 3 is 2.54 bits per heavy atom. The van der Waals surface area contributed by atoms with E-state index in [0.29, 0.717) is 23.8 Å². The Balaban J connectivity index is 1.48. The molecule has 2 heterocycles. The lowest BCUT2D eigenvalue weighted by molar-refractivity contribution is -0.141. The van der Waals surface area contributed by atoms with Gasteiger partial charge in [0.05, 0.1) is 6.61 Å². The Morgan fingerprint density at radius 2 is 1.96 bits per heavy atom. The maximum atomic E-state index is 13.1. The molecule has 3 unspecified atom stereocenters. The fourth-order valence-corrected chi connectivity index (χ4v) is 6.01. The fraction of sp³-hybridized carbons (Fsp3) is 0.818. The summed E-state index contributed by atoms with van der Waals surface area (Å²) in [6, 6.07) is 0. The second-order valence-electron chi connectivity index (χ2n) is 11.1. The highest BCUT2D eigenvalue weighted by Gasteiger charge is 2.60. The van der Waals surface area contributed by atoms with Crippen LogP contribution < -0.4 is 5.32 Å². The summed E-state index contributed by atoms with van der Waals surface area (Å²) in [5.74, 6) is 0.855. The predicted octanol–water partition coefficient (Wildman–Crippen LogP) is 2.99. The zero-order valence-electron chi connectivity index (χ0n) is 18.0. The van der Waals surface area contributed by atoms with E-state index in [0.717, 1.165) is 12.3 Å². The standard InChI is InChI=1S/C22H34N2O4/c1-20(2,3)19-24-18(27)15(16(25)22(24,6)11-28-19)17(26)23-10-12-7-8-13-9-14(12)21(13,4)5/h12-14,19,25H,7-11H2,1-6H3,(H,23,26)/t12?,13?,14?,19-,22-/m0/s1. The van der Waals surface area contributed by atoms with Crippen molar-refractivity contribution in [2.75, 3.05) is 13.2 Å². The number of carbonyl (C=O) groups excluding carboxylic acids is 2. The molecule has 28 heavy (non-hydrogen) atoms. The molecule has 156 valence electrons. The van der Waals surface area contributed by atoms with Gasteiger partial charge in [0.25, 0.3) is 11.8 Å². The van der Waals surface area contributed by atoms with Crippen molar-refractivity contribution in [2.45, 2.75) is 72.6 Å². The Hall–Kier alpha value is -1.56. The van der Waals surface area contributed by atoms with Crippen LogP contribution in [0.4, 0.5) is 0 Å². The van der Waals surface area contributed by atoms with Gasteiger partial charge in [-0.2, -0.15) is 0 Å². The summed E-state index contributed by atoms with van der Waals surface area (Å²) in [7, 11) is 0. The number of nitrogens with zero attached hydrogens (tertiary/aromatic N) is 1. The van der Waals surface area contributed by atoms with Crippen molar-refractivity contribution >= 4 is 11.8 Å². The van der Waals surface area contributed by atoms with Crippen LogP contribution in [0, 0.1) is 28.6 Å². The maximum Gasteiger partial charge on any atom is 0.265 e. The van der Waals surface area contributed by atoms with E-state index >= 15 is 0 Å². The molecule has 1 saturated heterocycles. The first-order valence-electron chi connectivity index (χ1n) is 10.6. The van der Waals surface area contributed by atoms with E-state index in [4.69, 9.17) is 4.74 Å². The first kappa shape index (κ1) is 19.7. The third-order valence-electron chi connectivity index (χ3n) is 7.96. The van der Waals surface area contributed by atoms with Crippen molar-refractivity contribution in [1.29, 1.82) is 0 Å². The van der Waals surface area contributed by atoms with Crippen LogP contribution in [0.5, 0.6) is 0 Å². The minimum absolute atomic E-state index is 0.110. The summed E-state index contributed by atoms with van der Waals surface area (Å²) in [6.45, 7) is 13.2. The molecule has 3 saturated carbocycles. The van der Waals surface area contributed by atoms with Crippen LogP contribution in [0.1, 0.15) is 60.8 Å². The van der Waals surface area contributed by atoms with E-state index in [2.05, 4.69) is 19.2 Å². The number of hydrogen-bond donors (Lipinski definition) is 2. The highest BCUT2D eigenvalue weighted by molar-refractivity contribution is 6.21. The molecule has 0 spiro atoms. The number of aliphatic hydroxyl groups is 1. The molecule has 2 aliphatic heterocycles. The van der Waals surface area contributed by atoms with Gasteiger partial charge in [0.15, 0.2) is 0 Å². The zero-order chi connectivity index (χ0) is 20.6. The molecule has 0 aromatic heterocycles. The van der Waals surface area contributed by atoms with Gasteiger partial charge in [-0.15, -0.1) is 0 Å². The molecule has 5 rings (SSSR count). The number of aliphatic hydroxyl groups excluding tert-OH is 1. The summed E-state index contributed by atoms with van der Waals surface area (Å²) in [5, 5.41) is 13.8. The summed E-state index contributed by atoms with van der Waals surface area (Å²) >= 11 is 0. The predicted molar refractivity (Wildman–Crippen MR) is 105 cm³/mol. The molecule has 6 nitrogen and oxygen atoms in total. The summed E-state index contributed by atoms with van der Waals surface area (Å²) < 4.78 is 5.83. The molecule has 5 atom stereocenters. The van der Waals surface area contributed by atoms with Crippen molar-refractivity contribution in [2.24, 2.45) is 28.6 Å². The van der Waals surface area contributed by atoms with Crippen molar-refractivity contribution < 1.29 is 19.4 Å². The van der Waals surface area contributed by atoms with Gasteiger partial charge < -0.3 is 15.2 Å². The van der Waals surface area contributed by atoms with Gasteiger partial charge in [-0.05, 0) is 49.4 Å². The third-order valence-corrected chi connectivity index (χ3v) is 7.96. The number of rotatable bonds is 3. The highest BCUT2D eigenvalue weighted by Crippen LogP contribution is 2.61. The van der Waals surface area contributed by atoms with Gasteiger partial charge in [0.2, 0.25) is 0 Å². The van der Waals surface area contributed by atoms with E-state index in [9.17, 15) is 14.7 Å². The fourth-order valence-electron chi connectivity index (χ4n) is 6.01. The van der Waals surface area contributed by atoms with Crippen LogP contribution in [0.2, 0.25) is 0 Å². The van der Waals surface area contributed by atoms with E-state index in [1.54, 1.807) is 11.8 Å². The largest absolute Gasteiger partial charge is 0.509 e. The van der Waals surface area contributed by atoms with Crippen LogP contribution >= 0.6 is 0 Å². The number of ether oxygens (including phenoxy) is 1. The Morgan fingerprint density at radius 1 is 1.29 bits per heavy atom. The maximum absolute atomic E-state index is 13.1. The first-order valence-corrected chi connectivity index (χ1v) is 10.6. The van der Waals surface area contributed by atoms with Crippen molar-refractivity contribution in [1.82, 2.24) is 10.2 Å². The Kier molecular flexibility index (Phi) is 4.21. The Bertz CT molecular complexity index is 748. The third kappa shape index (κ3) is 2.56. The topological polar surface area (TPSA) is 78.9 Å². The lowest BCUT2D eigenvalue weighted by Crippen LogP contribution is -2.54. The summed E-state index contributed by atoms with van der Waals surface area (Å²) in [5.41, 5.74) is -1.03. The smallest absolute Gasteiger partial charge is 0.265 e. The zero-order valence-corrected chi connectivity index (χ0v) is 18.0. The van der Waals surface area contributed by atoms with E-state index in [1.165, 1.54) is 12.8 Å². The quantitative estimate of drug-likeness (QED) is 0.726. The number of fused-ring (bicyclic) bond motifs is 3. The molecule has 3 aliphatic carbocycles. The van der Waals surface area contributed by atoms with Crippen LogP contribution in [-0.4, -0.2) is 46.7 Å². The van der Waals surface area contributed by atoms with Gasteiger partial charge in [0, 0.05) is 12.0 Å². The van der Waals surface area contributed by atoms with Crippen LogP contribution in [0.3, 0.4) is 0 Å². The lowest BCUT2D eigenvalue weighted by Gasteiger charge is -2.60. The molecule has 0 aromatic rings. The highest BCUT2D eigenvalue weighted by atomic mass is 16.5. The number of hydrogen-bond acceptors (Lipinski definition) is 4. The summed E-state index contributed by atoms with van der Waals surface area (Å²) in [4.78, 5) is 27.5. The van der Waals surface area contributed by atoms with Crippen molar-refractivity contribution in [3.8, 4) is 0 Å². The van der Waals surface area contributed by atoms with E-state index in [-0.39, 0.29) is 23.4 Å². The Labute approximate surface area is 167 Å². The molecule has 4 fully saturated rings. The molecule has 6 heteroatoms. The molecule has 5 aliphatic rings. The van der Waals surface area contributed by atoms with Crippen LogP contribution in [0.15, 0.2) is 11.3 Å². The molecule has 2 amide bonds. The van der Waals surface area contributed by atoms with Gasteiger partial charge in [0.1, 0.15) is 23.1 Å². The van der Waals surface area contributed by atoms with Crippen molar-refractivity contribution in [3.05, 3.63) is 11.3 Å². The summed E-state index contributed by atoms with van der Waals surface area (Å²) in [6.07, 6.45) is 3.12. The second-order valence-corrected chi connectivity index (χ2v) is 11.1. The monoisotopic (exact) mass is 390 g/mol. The SMILES string of the molecule is CC1(C)C2CCC(CNC(=O)C3=C(O)[C@]4(C)CO[C@@H](C(C)(C)C)N4C3=O)C1C2.